The topological polar surface area (TPSA) is 83.4 Å². The van der Waals surface area contributed by atoms with Crippen LogP contribution in [0.1, 0.15) is 0 Å². The van der Waals surface area contributed by atoms with Gasteiger partial charge in [-0.25, -0.2) is 9.97 Å². The first-order chi connectivity index (χ1) is 14.8. The van der Waals surface area contributed by atoms with E-state index < -0.39 is 0 Å². The van der Waals surface area contributed by atoms with Gasteiger partial charge >= 0.3 is 0 Å². The zero-order valence-electron chi connectivity index (χ0n) is 16.1. The molecular formula is C21H19N7OS. The van der Waals surface area contributed by atoms with Crippen LogP contribution in [0.5, 0.6) is 0 Å². The molecule has 1 aliphatic heterocycles. The van der Waals surface area contributed by atoms with E-state index in [4.69, 9.17) is 9.72 Å². The Morgan fingerprint density at radius 1 is 1.13 bits per heavy atom. The molecule has 30 heavy (non-hydrogen) atoms. The third-order valence-electron chi connectivity index (χ3n) is 5.30. The quantitative estimate of drug-likeness (QED) is 0.461. The monoisotopic (exact) mass is 417 g/mol. The number of ether oxygens (including phenoxy) is 1. The van der Waals surface area contributed by atoms with Crippen LogP contribution in [-0.2, 0) is 4.74 Å². The summed E-state index contributed by atoms with van der Waals surface area (Å²) in [5.74, 6) is 0.826. The van der Waals surface area contributed by atoms with Crippen molar-refractivity contribution in [2.75, 3.05) is 36.5 Å². The lowest BCUT2D eigenvalue weighted by molar-refractivity contribution is 0.122. The second-order valence-corrected chi connectivity index (χ2v) is 8.05. The van der Waals surface area contributed by atoms with Gasteiger partial charge in [-0.2, -0.15) is 5.10 Å². The molecule has 5 aromatic rings. The van der Waals surface area contributed by atoms with Gasteiger partial charge in [0.25, 0.3) is 0 Å². The van der Waals surface area contributed by atoms with Crippen LogP contribution in [0, 0.1) is 0 Å². The molecule has 1 fully saturated rings. The first-order valence-electron chi connectivity index (χ1n) is 9.79. The summed E-state index contributed by atoms with van der Waals surface area (Å²) in [4.78, 5) is 11.6. The molecule has 0 unspecified atom stereocenters. The number of aromatic nitrogens is 5. The van der Waals surface area contributed by atoms with Crippen LogP contribution in [-0.4, -0.2) is 50.9 Å². The maximum absolute atomic E-state index is 5.44. The van der Waals surface area contributed by atoms with Crippen LogP contribution in [0.15, 0.2) is 54.4 Å². The highest BCUT2D eigenvalue weighted by Crippen LogP contribution is 2.31. The highest BCUT2D eigenvalue weighted by Gasteiger charge is 2.16. The van der Waals surface area contributed by atoms with Crippen molar-refractivity contribution in [2.45, 2.75) is 0 Å². The first-order valence-corrected chi connectivity index (χ1v) is 10.7. The molecule has 2 N–H and O–H groups in total. The summed E-state index contributed by atoms with van der Waals surface area (Å²) >= 11 is 1.64. The van der Waals surface area contributed by atoms with Gasteiger partial charge in [0, 0.05) is 48.0 Å². The number of aromatic amines is 1. The van der Waals surface area contributed by atoms with Crippen molar-refractivity contribution in [3.63, 3.8) is 0 Å². The lowest BCUT2D eigenvalue weighted by Crippen LogP contribution is -2.36. The summed E-state index contributed by atoms with van der Waals surface area (Å²) in [6.07, 6.45) is 7.69. The first kappa shape index (κ1) is 17.4. The number of H-pyrrole nitrogens is 1. The molecule has 9 heteroatoms. The normalized spacial score (nSPS) is 14.6. The highest BCUT2D eigenvalue weighted by atomic mass is 32.1. The molecule has 1 aliphatic rings. The van der Waals surface area contributed by atoms with E-state index in [0.717, 1.165) is 70.6 Å². The number of morpholine rings is 1. The summed E-state index contributed by atoms with van der Waals surface area (Å²) in [6.45, 7) is 3.26. The van der Waals surface area contributed by atoms with Crippen LogP contribution in [0.3, 0.4) is 0 Å². The average molecular weight is 417 g/mol. The number of anilines is 3. The summed E-state index contributed by atoms with van der Waals surface area (Å²) in [7, 11) is 0. The largest absolute Gasteiger partial charge is 0.378 e. The molecule has 1 aromatic carbocycles. The van der Waals surface area contributed by atoms with Gasteiger partial charge in [-0.3, -0.25) is 5.10 Å². The van der Waals surface area contributed by atoms with Crippen LogP contribution in [0.25, 0.3) is 27.7 Å². The zero-order chi connectivity index (χ0) is 19.9. The number of imidazole rings is 1. The molecule has 4 aromatic heterocycles. The number of pyridine rings is 1. The third kappa shape index (κ3) is 3.08. The number of nitrogens with zero attached hydrogens (tertiary/aromatic N) is 5. The Morgan fingerprint density at radius 3 is 3.00 bits per heavy atom. The summed E-state index contributed by atoms with van der Waals surface area (Å²) < 4.78 is 7.47. The van der Waals surface area contributed by atoms with Crippen molar-refractivity contribution in [1.82, 2.24) is 24.6 Å². The molecule has 0 bridgehead atoms. The third-order valence-corrected chi connectivity index (χ3v) is 6.20. The van der Waals surface area contributed by atoms with Crippen molar-refractivity contribution in [1.29, 1.82) is 0 Å². The molecule has 5 heterocycles. The number of hydrogen-bond donors (Lipinski definition) is 2. The van der Waals surface area contributed by atoms with Gasteiger partial charge in [0.2, 0.25) is 0 Å². The van der Waals surface area contributed by atoms with E-state index in [1.165, 1.54) is 0 Å². The molecule has 0 atom stereocenters. The number of nitrogens with one attached hydrogen (secondary N) is 2. The summed E-state index contributed by atoms with van der Waals surface area (Å²) in [5, 5.41) is 14.8. The molecule has 0 spiro atoms. The highest BCUT2D eigenvalue weighted by molar-refractivity contribution is 7.14. The van der Waals surface area contributed by atoms with E-state index in [1.807, 2.05) is 28.4 Å². The van der Waals surface area contributed by atoms with Crippen LogP contribution in [0.4, 0.5) is 16.6 Å². The Labute approximate surface area is 176 Å². The average Bonchev–Trinajstić information content (AvgIpc) is 3.54. The molecule has 0 aliphatic carbocycles. The second kappa shape index (κ2) is 7.12. The van der Waals surface area contributed by atoms with Gasteiger partial charge in [-0.05, 0) is 17.7 Å². The fraction of sp³-hybridized carbons (Fsp3) is 0.190. The van der Waals surface area contributed by atoms with Crippen molar-refractivity contribution in [3.8, 4) is 11.1 Å². The molecule has 0 radical (unpaired) electrons. The number of benzene rings is 1. The minimum absolute atomic E-state index is 0.750. The smallest absolute Gasteiger partial charge is 0.187 e. The van der Waals surface area contributed by atoms with Crippen LogP contribution < -0.4 is 10.2 Å². The number of rotatable bonds is 4. The van der Waals surface area contributed by atoms with Crippen LogP contribution in [0.2, 0.25) is 0 Å². The van der Waals surface area contributed by atoms with E-state index in [0.29, 0.717) is 0 Å². The summed E-state index contributed by atoms with van der Waals surface area (Å²) in [6, 6.07) is 8.42. The predicted molar refractivity (Wildman–Crippen MR) is 119 cm³/mol. The van der Waals surface area contributed by atoms with Gasteiger partial charge in [-0.1, -0.05) is 12.1 Å². The number of fused-ring (bicyclic) bond motifs is 2. The predicted octanol–water partition coefficient (Wildman–Crippen LogP) is 3.91. The molecule has 150 valence electrons. The lowest BCUT2D eigenvalue weighted by Gasteiger charge is -2.25. The van der Waals surface area contributed by atoms with Gasteiger partial charge in [0.15, 0.2) is 10.8 Å². The van der Waals surface area contributed by atoms with E-state index in [2.05, 4.69) is 55.9 Å². The second-order valence-electron chi connectivity index (χ2n) is 7.21. The van der Waals surface area contributed by atoms with E-state index in [1.54, 1.807) is 11.3 Å². The van der Waals surface area contributed by atoms with Crippen molar-refractivity contribution < 1.29 is 4.74 Å². The molecule has 0 amide bonds. The van der Waals surface area contributed by atoms with Gasteiger partial charge in [0.05, 0.1) is 30.6 Å². The maximum Gasteiger partial charge on any atom is 0.187 e. The Morgan fingerprint density at radius 2 is 2.07 bits per heavy atom. The zero-order valence-corrected chi connectivity index (χ0v) is 16.9. The standard InChI is InChI=1S/C21H19N7OS/c1-2-15-11-23-26-17(15)9-14(1)16-10-18(20-22-3-4-28(20)12-16)24-19-13-30-21(25-19)27-5-7-29-8-6-27/h1-4,9-13,24H,5-8H2,(H,23,26). The van der Waals surface area contributed by atoms with Gasteiger partial charge in [0.1, 0.15) is 5.82 Å². The molecule has 1 saturated heterocycles. The Kier molecular flexibility index (Phi) is 4.14. The lowest BCUT2D eigenvalue weighted by atomic mass is 10.1. The minimum atomic E-state index is 0.750. The van der Waals surface area contributed by atoms with E-state index >= 15 is 0 Å². The van der Waals surface area contributed by atoms with E-state index in [-0.39, 0.29) is 0 Å². The minimum Gasteiger partial charge on any atom is -0.378 e. The van der Waals surface area contributed by atoms with Crippen LogP contribution >= 0.6 is 11.3 Å². The SMILES string of the molecule is c1cn2cc(-c3ccc4cn[nH]c4c3)cc(Nc3csc(N4CCOCC4)n3)c2n1. The Hall–Kier alpha value is -3.43. The molecule has 6 rings (SSSR count). The van der Waals surface area contributed by atoms with Crippen molar-refractivity contribution >= 4 is 44.5 Å². The summed E-state index contributed by atoms with van der Waals surface area (Å²) in [5.41, 5.74) is 4.99. The fourth-order valence-corrected chi connectivity index (χ4v) is 4.57. The van der Waals surface area contributed by atoms with Gasteiger partial charge < -0.3 is 19.4 Å². The van der Waals surface area contributed by atoms with Crippen molar-refractivity contribution in [3.05, 3.63) is 54.4 Å². The fourth-order valence-electron chi connectivity index (χ4n) is 3.76. The Bertz CT molecular complexity index is 1330. The molecular weight excluding hydrogens is 398 g/mol. The van der Waals surface area contributed by atoms with Crippen molar-refractivity contribution in [2.24, 2.45) is 0 Å². The number of hydrogen-bond acceptors (Lipinski definition) is 7. The number of thiazole rings is 1. The molecule has 8 nitrogen and oxygen atoms in total. The molecule has 0 saturated carbocycles. The Balaban J connectivity index is 1.36. The maximum atomic E-state index is 5.44. The van der Waals surface area contributed by atoms with Gasteiger partial charge in [-0.15, -0.1) is 11.3 Å². The van der Waals surface area contributed by atoms with E-state index in [9.17, 15) is 0 Å².